The predicted molar refractivity (Wildman–Crippen MR) is 51.2 cm³/mol. The van der Waals surface area contributed by atoms with E-state index in [0.717, 1.165) is 17.7 Å². The first-order chi connectivity index (χ1) is 6.19. The smallest absolute Gasteiger partial charge is 0.0835 e. The molecule has 0 saturated heterocycles. The Balaban J connectivity index is 2.84. The molecule has 4 nitrogen and oxygen atoms in total. The summed E-state index contributed by atoms with van der Waals surface area (Å²) in [6, 6.07) is 0. The zero-order valence-corrected chi connectivity index (χ0v) is 8.20. The van der Waals surface area contributed by atoms with Crippen LogP contribution in [0.2, 0.25) is 0 Å². The number of rotatable bonds is 4. The maximum absolute atomic E-state index is 9.71. The normalized spacial score (nSPS) is 13.2. The molecule has 4 heteroatoms. The molecule has 0 aliphatic carbocycles. The predicted octanol–water partition coefficient (Wildman–Crippen LogP) is 0.365. The summed E-state index contributed by atoms with van der Waals surface area (Å²) >= 11 is 0. The van der Waals surface area contributed by atoms with Crippen molar-refractivity contribution in [1.29, 1.82) is 0 Å². The molecule has 0 aliphatic rings. The molecule has 1 heterocycles. The number of hydrogen-bond donors (Lipinski definition) is 2. The molecule has 0 bridgehead atoms. The molecule has 0 spiro atoms. The third-order valence-corrected chi connectivity index (χ3v) is 2.07. The van der Waals surface area contributed by atoms with Gasteiger partial charge in [-0.3, -0.25) is 4.68 Å². The van der Waals surface area contributed by atoms with Gasteiger partial charge in [0.05, 0.1) is 11.8 Å². The van der Waals surface area contributed by atoms with E-state index < -0.39 is 6.10 Å². The van der Waals surface area contributed by atoms with Crippen LogP contribution in [0, 0.1) is 0 Å². The summed E-state index contributed by atoms with van der Waals surface area (Å²) in [5.74, 6) is 0. The Hall–Kier alpha value is -0.870. The van der Waals surface area contributed by atoms with Crippen LogP contribution in [-0.2, 0) is 13.5 Å². The molecule has 1 aromatic heterocycles. The largest absolute Gasteiger partial charge is 0.388 e. The van der Waals surface area contributed by atoms with Crippen molar-refractivity contribution in [2.75, 3.05) is 6.54 Å². The Labute approximate surface area is 78.4 Å². The first-order valence-corrected chi connectivity index (χ1v) is 4.59. The second-order valence-corrected chi connectivity index (χ2v) is 3.15. The Morgan fingerprint density at radius 3 is 2.92 bits per heavy atom. The van der Waals surface area contributed by atoms with Gasteiger partial charge in [-0.05, 0) is 19.4 Å². The lowest BCUT2D eigenvalue weighted by Gasteiger charge is -2.07. The van der Waals surface area contributed by atoms with Crippen LogP contribution in [0.4, 0.5) is 0 Å². The van der Waals surface area contributed by atoms with Crippen molar-refractivity contribution in [2.45, 2.75) is 25.9 Å². The van der Waals surface area contributed by atoms with Crippen molar-refractivity contribution in [3.05, 3.63) is 17.5 Å². The molecule has 3 N–H and O–H groups in total. The molecule has 13 heavy (non-hydrogen) atoms. The number of nitrogens with zero attached hydrogens (tertiary/aromatic N) is 2. The van der Waals surface area contributed by atoms with Crippen molar-refractivity contribution in [3.8, 4) is 0 Å². The van der Waals surface area contributed by atoms with Gasteiger partial charge in [-0.25, -0.2) is 0 Å². The molecule has 1 aromatic rings. The fraction of sp³-hybridized carbons (Fsp3) is 0.667. The average Bonchev–Trinajstić information content (AvgIpc) is 2.47. The zero-order chi connectivity index (χ0) is 9.84. The van der Waals surface area contributed by atoms with E-state index in [1.54, 1.807) is 4.68 Å². The lowest BCUT2D eigenvalue weighted by Crippen LogP contribution is -2.07. The van der Waals surface area contributed by atoms with Gasteiger partial charge in [0.25, 0.3) is 0 Å². The molecule has 0 aromatic carbocycles. The van der Waals surface area contributed by atoms with Gasteiger partial charge in [-0.2, -0.15) is 5.10 Å². The van der Waals surface area contributed by atoms with Crippen molar-refractivity contribution in [1.82, 2.24) is 9.78 Å². The molecule has 0 aliphatic heterocycles. The summed E-state index contributed by atoms with van der Waals surface area (Å²) in [6.07, 6.45) is 2.84. The van der Waals surface area contributed by atoms with Gasteiger partial charge in [0.1, 0.15) is 0 Å². The average molecular weight is 183 g/mol. The number of nitrogens with two attached hydrogens (primary N) is 1. The van der Waals surface area contributed by atoms with Gasteiger partial charge >= 0.3 is 0 Å². The maximum atomic E-state index is 9.71. The highest BCUT2D eigenvalue weighted by molar-refractivity contribution is 5.19. The summed E-state index contributed by atoms with van der Waals surface area (Å²) < 4.78 is 1.73. The molecule has 1 rings (SSSR count). The van der Waals surface area contributed by atoms with E-state index in [2.05, 4.69) is 5.10 Å². The van der Waals surface area contributed by atoms with Gasteiger partial charge < -0.3 is 10.8 Å². The quantitative estimate of drug-likeness (QED) is 0.708. The highest BCUT2D eigenvalue weighted by atomic mass is 16.3. The molecule has 1 atom stereocenters. The number of aliphatic hydroxyl groups is 1. The number of aromatic nitrogens is 2. The molecular formula is C9H17N3O. The van der Waals surface area contributed by atoms with E-state index in [-0.39, 0.29) is 0 Å². The minimum Gasteiger partial charge on any atom is -0.388 e. The summed E-state index contributed by atoms with van der Waals surface area (Å²) in [7, 11) is 1.86. The Bertz CT molecular complexity index is 270. The van der Waals surface area contributed by atoms with Crippen LogP contribution in [0.3, 0.4) is 0 Å². The molecule has 0 saturated carbocycles. The standard InChI is InChI=1S/C9H17N3O/c1-3-8-7(6-12(2)11-8)9(13)4-5-10/h6,9,13H,3-5,10H2,1-2H3. The van der Waals surface area contributed by atoms with Crippen LogP contribution >= 0.6 is 0 Å². The fourth-order valence-electron chi connectivity index (χ4n) is 1.42. The third-order valence-electron chi connectivity index (χ3n) is 2.07. The van der Waals surface area contributed by atoms with Crippen LogP contribution in [0.5, 0.6) is 0 Å². The molecular weight excluding hydrogens is 166 g/mol. The number of aryl methyl sites for hydroxylation is 2. The van der Waals surface area contributed by atoms with Crippen LogP contribution in [0.1, 0.15) is 30.7 Å². The molecule has 1 unspecified atom stereocenters. The molecule has 0 amide bonds. The van der Waals surface area contributed by atoms with Crippen molar-refractivity contribution in [3.63, 3.8) is 0 Å². The van der Waals surface area contributed by atoms with Crippen molar-refractivity contribution in [2.24, 2.45) is 12.8 Å². The van der Waals surface area contributed by atoms with E-state index >= 15 is 0 Å². The topological polar surface area (TPSA) is 64.1 Å². The van der Waals surface area contributed by atoms with Crippen molar-refractivity contribution >= 4 is 0 Å². The highest BCUT2D eigenvalue weighted by Crippen LogP contribution is 2.19. The van der Waals surface area contributed by atoms with Crippen molar-refractivity contribution < 1.29 is 5.11 Å². The number of aliphatic hydroxyl groups excluding tert-OH is 1. The zero-order valence-electron chi connectivity index (χ0n) is 8.20. The van der Waals surface area contributed by atoms with Gasteiger partial charge in [0.2, 0.25) is 0 Å². The van der Waals surface area contributed by atoms with Crippen LogP contribution in [0.25, 0.3) is 0 Å². The van der Waals surface area contributed by atoms with Gasteiger partial charge in [0.15, 0.2) is 0 Å². The van der Waals surface area contributed by atoms with E-state index in [1.807, 2.05) is 20.2 Å². The third kappa shape index (κ3) is 2.29. The summed E-state index contributed by atoms with van der Waals surface area (Å²) in [6.45, 7) is 2.53. The number of hydrogen-bond acceptors (Lipinski definition) is 3. The van der Waals surface area contributed by atoms with Gasteiger partial charge in [-0.15, -0.1) is 0 Å². The SMILES string of the molecule is CCc1nn(C)cc1C(O)CCN. The van der Waals surface area contributed by atoms with Crippen LogP contribution < -0.4 is 5.73 Å². The summed E-state index contributed by atoms with van der Waals surface area (Å²) in [4.78, 5) is 0. The molecule has 0 fully saturated rings. The van der Waals surface area contributed by atoms with E-state index in [1.165, 1.54) is 0 Å². The lowest BCUT2D eigenvalue weighted by molar-refractivity contribution is 0.169. The summed E-state index contributed by atoms with van der Waals surface area (Å²) in [5, 5.41) is 14.0. The van der Waals surface area contributed by atoms with E-state index in [9.17, 15) is 5.11 Å². The van der Waals surface area contributed by atoms with Crippen LogP contribution in [0.15, 0.2) is 6.20 Å². The van der Waals surface area contributed by atoms with Gasteiger partial charge in [-0.1, -0.05) is 6.92 Å². The molecule has 0 radical (unpaired) electrons. The van der Waals surface area contributed by atoms with E-state index in [0.29, 0.717) is 13.0 Å². The lowest BCUT2D eigenvalue weighted by atomic mass is 10.1. The Morgan fingerprint density at radius 2 is 2.38 bits per heavy atom. The van der Waals surface area contributed by atoms with Crippen LogP contribution in [-0.4, -0.2) is 21.4 Å². The Kier molecular flexibility index (Phi) is 3.45. The molecule has 74 valence electrons. The fourth-order valence-corrected chi connectivity index (χ4v) is 1.42. The minimum atomic E-state index is -0.464. The highest BCUT2D eigenvalue weighted by Gasteiger charge is 2.13. The second-order valence-electron chi connectivity index (χ2n) is 3.15. The monoisotopic (exact) mass is 183 g/mol. The first kappa shape index (κ1) is 10.2. The second kappa shape index (κ2) is 4.39. The maximum Gasteiger partial charge on any atom is 0.0835 e. The Morgan fingerprint density at radius 1 is 1.69 bits per heavy atom. The van der Waals surface area contributed by atoms with Gasteiger partial charge in [0, 0.05) is 18.8 Å². The summed E-state index contributed by atoms with van der Waals surface area (Å²) in [5.41, 5.74) is 7.25. The minimum absolute atomic E-state index is 0.464. The first-order valence-electron chi connectivity index (χ1n) is 4.59. The van der Waals surface area contributed by atoms with E-state index in [4.69, 9.17) is 5.73 Å².